The summed E-state index contributed by atoms with van der Waals surface area (Å²) in [7, 11) is 0. The number of amides is 1. The third kappa shape index (κ3) is 3.10. The topological polar surface area (TPSA) is 42.0 Å². The number of fused-ring (bicyclic) bond motifs is 1. The molecule has 1 atom stereocenters. The van der Waals surface area contributed by atoms with Crippen molar-refractivity contribution in [3.05, 3.63) is 60.7 Å². The molecule has 0 saturated heterocycles. The molecule has 24 heavy (non-hydrogen) atoms. The van der Waals surface area contributed by atoms with Crippen molar-refractivity contribution in [1.82, 2.24) is 4.98 Å². The predicted octanol–water partition coefficient (Wildman–Crippen LogP) is 5.26. The first-order chi connectivity index (χ1) is 11.8. The van der Waals surface area contributed by atoms with Gasteiger partial charge in [-0.25, -0.2) is 4.98 Å². The number of rotatable bonds is 3. The summed E-state index contributed by atoms with van der Waals surface area (Å²) in [6.45, 7) is 0. The number of carbonyl (C=O) groups excluding carboxylic acids is 1. The van der Waals surface area contributed by atoms with Crippen molar-refractivity contribution in [3.63, 3.8) is 0 Å². The van der Waals surface area contributed by atoms with Gasteiger partial charge in [0.1, 0.15) is 5.01 Å². The molecule has 1 aliphatic carbocycles. The second-order valence-corrected chi connectivity index (χ2v) is 7.07. The Labute approximate surface area is 145 Å². The first-order valence-electron chi connectivity index (χ1n) is 8.21. The van der Waals surface area contributed by atoms with Gasteiger partial charge in [0.25, 0.3) is 0 Å². The Kier molecular flexibility index (Phi) is 4.13. The van der Waals surface area contributed by atoms with Crippen LogP contribution < -0.4 is 5.32 Å². The smallest absolute Gasteiger partial charge is 0.227 e. The number of hydrogen-bond acceptors (Lipinski definition) is 3. The molecule has 0 fully saturated rings. The van der Waals surface area contributed by atoms with Gasteiger partial charge in [0.15, 0.2) is 0 Å². The van der Waals surface area contributed by atoms with Gasteiger partial charge >= 0.3 is 0 Å². The Bertz CT molecular complexity index is 880. The molecule has 2 aromatic carbocycles. The van der Waals surface area contributed by atoms with Crippen molar-refractivity contribution >= 4 is 33.1 Å². The van der Waals surface area contributed by atoms with E-state index in [9.17, 15) is 4.79 Å². The van der Waals surface area contributed by atoms with Gasteiger partial charge in [-0.15, -0.1) is 11.3 Å². The van der Waals surface area contributed by atoms with Crippen LogP contribution >= 0.6 is 11.3 Å². The third-order valence-electron chi connectivity index (χ3n) is 4.31. The monoisotopic (exact) mass is 334 g/mol. The van der Waals surface area contributed by atoms with E-state index in [4.69, 9.17) is 0 Å². The maximum atomic E-state index is 12.4. The van der Waals surface area contributed by atoms with Crippen LogP contribution in [0.2, 0.25) is 0 Å². The fraction of sp³-hybridized carbons (Fsp3) is 0.200. The Hall–Kier alpha value is -2.46. The number of para-hydroxylation sites is 1. The number of aromatic nitrogens is 1. The quantitative estimate of drug-likeness (QED) is 0.664. The fourth-order valence-electron chi connectivity index (χ4n) is 3.00. The van der Waals surface area contributed by atoms with E-state index in [0.29, 0.717) is 0 Å². The lowest BCUT2D eigenvalue weighted by Gasteiger charge is -2.17. The zero-order valence-corrected chi connectivity index (χ0v) is 14.1. The molecule has 1 aromatic heterocycles. The van der Waals surface area contributed by atoms with E-state index < -0.39 is 0 Å². The molecule has 0 unspecified atom stereocenters. The number of nitrogens with one attached hydrogen (secondary N) is 1. The Morgan fingerprint density at radius 1 is 1.12 bits per heavy atom. The molecule has 0 bridgehead atoms. The van der Waals surface area contributed by atoms with Gasteiger partial charge in [-0.1, -0.05) is 36.4 Å². The maximum absolute atomic E-state index is 12.4. The van der Waals surface area contributed by atoms with Crippen LogP contribution in [-0.4, -0.2) is 10.9 Å². The zero-order chi connectivity index (χ0) is 16.4. The number of thiazole rings is 1. The van der Waals surface area contributed by atoms with Crippen molar-refractivity contribution in [3.8, 4) is 10.6 Å². The Morgan fingerprint density at radius 2 is 2.04 bits per heavy atom. The van der Waals surface area contributed by atoms with E-state index >= 15 is 0 Å². The summed E-state index contributed by atoms with van der Waals surface area (Å²) in [5.74, 6) is 0.196. The van der Waals surface area contributed by atoms with E-state index in [0.717, 1.165) is 41.0 Å². The van der Waals surface area contributed by atoms with Crippen molar-refractivity contribution in [2.24, 2.45) is 5.92 Å². The van der Waals surface area contributed by atoms with Crippen LogP contribution in [0.5, 0.6) is 0 Å². The molecule has 120 valence electrons. The minimum Gasteiger partial charge on any atom is -0.326 e. The molecular formula is C20H18N2OS. The minimum atomic E-state index is 0.0844. The number of carbonyl (C=O) groups is 1. The Balaban J connectivity index is 1.57. The molecule has 1 amide bonds. The largest absolute Gasteiger partial charge is 0.326 e. The zero-order valence-electron chi connectivity index (χ0n) is 13.2. The standard InChI is InChI=1S/C20H18N2OS/c23-19(14-7-2-1-3-8-14)21-16-10-6-9-15(13-16)20-22-17-11-4-5-12-18(17)24-20/h1-2,4-6,9-14H,3,7-8H2,(H,21,23)/t14-/m1/s1. The molecule has 4 rings (SSSR count). The summed E-state index contributed by atoms with van der Waals surface area (Å²) in [5.41, 5.74) is 2.89. The van der Waals surface area contributed by atoms with E-state index in [1.807, 2.05) is 42.5 Å². The van der Waals surface area contributed by atoms with Gasteiger partial charge in [-0.2, -0.15) is 0 Å². The molecule has 1 N–H and O–H groups in total. The lowest BCUT2D eigenvalue weighted by Crippen LogP contribution is -2.23. The fourth-order valence-corrected chi connectivity index (χ4v) is 3.96. The molecule has 4 heteroatoms. The molecular weight excluding hydrogens is 316 g/mol. The van der Waals surface area contributed by atoms with Crippen molar-refractivity contribution in [1.29, 1.82) is 0 Å². The van der Waals surface area contributed by atoms with Crippen LogP contribution in [0.1, 0.15) is 19.3 Å². The van der Waals surface area contributed by atoms with E-state index in [1.165, 1.54) is 4.70 Å². The van der Waals surface area contributed by atoms with Gasteiger partial charge in [0.2, 0.25) is 5.91 Å². The van der Waals surface area contributed by atoms with Gasteiger partial charge in [-0.05, 0) is 43.5 Å². The van der Waals surface area contributed by atoms with Crippen LogP contribution in [0, 0.1) is 5.92 Å². The molecule has 3 aromatic rings. The lowest BCUT2D eigenvalue weighted by atomic mass is 9.93. The summed E-state index contributed by atoms with van der Waals surface area (Å²) < 4.78 is 1.18. The number of anilines is 1. The van der Waals surface area contributed by atoms with Gasteiger partial charge < -0.3 is 5.32 Å². The summed E-state index contributed by atoms with van der Waals surface area (Å²) in [5, 5.41) is 4.04. The molecule has 0 spiro atoms. The average Bonchev–Trinajstić information content (AvgIpc) is 3.07. The molecule has 0 aliphatic heterocycles. The second-order valence-electron chi connectivity index (χ2n) is 6.04. The predicted molar refractivity (Wildman–Crippen MR) is 100 cm³/mol. The highest BCUT2D eigenvalue weighted by atomic mass is 32.1. The number of nitrogens with zero attached hydrogens (tertiary/aromatic N) is 1. The van der Waals surface area contributed by atoms with Crippen LogP contribution in [0.15, 0.2) is 60.7 Å². The van der Waals surface area contributed by atoms with E-state index in [-0.39, 0.29) is 11.8 Å². The maximum Gasteiger partial charge on any atom is 0.227 e. The summed E-state index contributed by atoms with van der Waals surface area (Å²) in [6.07, 6.45) is 7.01. The highest BCUT2D eigenvalue weighted by molar-refractivity contribution is 7.21. The summed E-state index contributed by atoms with van der Waals surface area (Å²) >= 11 is 1.67. The molecule has 1 aliphatic rings. The van der Waals surface area contributed by atoms with E-state index in [2.05, 4.69) is 28.5 Å². The second kappa shape index (κ2) is 6.57. The van der Waals surface area contributed by atoms with Gasteiger partial charge in [-0.3, -0.25) is 4.79 Å². The van der Waals surface area contributed by atoms with Crippen LogP contribution in [0.3, 0.4) is 0 Å². The van der Waals surface area contributed by atoms with E-state index in [1.54, 1.807) is 11.3 Å². The highest BCUT2D eigenvalue weighted by Crippen LogP contribution is 2.31. The van der Waals surface area contributed by atoms with Gasteiger partial charge in [0.05, 0.1) is 10.2 Å². The number of hydrogen-bond donors (Lipinski definition) is 1. The molecule has 1 heterocycles. The molecule has 0 radical (unpaired) electrons. The van der Waals surface area contributed by atoms with Crippen LogP contribution in [0.25, 0.3) is 20.8 Å². The third-order valence-corrected chi connectivity index (χ3v) is 5.40. The summed E-state index contributed by atoms with van der Waals surface area (Å²) in [6, 6.07) is 16.1. The van der Waals surface area contributed by atoms with Crippen molar-refractivity contribution < 1.29 is 4.79 Å². The first-order valence-corrected chi connectivity index (χ1v) is 9.03. The number of allylic oxidation sites excluding steroid dienone is 2. The van der Waals surface area contributed by atoms with Crippen molar-refractivity contribution in [2.75, 3.05) is 5.32 Å². The lowest BCUT2D eigenvalue weighted by molar-refractivity contribution is -0.120. The van der Waals surface area contributed by atoms with Crippen molar-refractivity contribution in [2.45, 2.75) is 19.3 Å². The summed E-state index contributed by atoms with van der Waals surface area (Å²) in [4.78, 5) is 17.1. The first kappa shape index (κ1) is 15.1. The molecule has 3 nitrogen and oxygen atoms in total. The highest BCUT2D eigenvalue weighted by Gasteiger charge is 2.18. The SMILES string of the molecule is O=C(Nc1cccc(-c2nc3ccccc3s2)c1)[C@@H]1CC=CCC1. The number of benzene rings is 2. The normalized spacial score (nSPS) is 17.1. The minimum absolute atomic E-state index is 0.0844. The molecule has 0 saturated carbocycles. The van der Waals surface area contributed by atoms with Gasteiger partial charge in [0, 0.05) is 17.2 Å². The average molecular weight is 334 g/mol. The Morgan fingerprint density at radius 3 is 2.88 bits per heavy atom. The van der Waals surface area contributed by atoms with Crippen LogP contribution in [0.4, 0.5) is 5.69 Å². The van der Waals surface area contributed by atoms with Crippen LogP contribution in [-0.2, 0) is 4.79 Å².